The lowest BCUT2D eigenvalue weighted by Crippen LogP contribution is -2.41. The molecule has 160 valence electrons. The number of aromatic amines is 1. The highest BCUT2D eigenvalue weighted by molar-refractivity contribution is 7.89. The van der Waals surface area contributed by atoms with Gasteiger partial charge in [0.2, 0.25) is 15.9 Å². The number of nitrogens with one attached hydrogen (secondary N) is 2. The fourth-order valence-electron chi connectivity index (χ4n) is 3.23. The number of imidazole rings is 1. The van der Waals surface area contributed by atoms with E-state index in [0.717, 1.165) is 26.5 Å². The van der Waals surface area contributed by atoms with Crippen molar-refractivity contribution in [3.63, 3.8) is 0 Å². The number of hydrogen-bond acceptors (Lipinski definition) is 4. The molecule has 1 aromatic heterocycles. The molecule has 0 aliphatic carbocycles. The lowest BCUT2D eigenvalue weighted by atomic mass is 10.0. The molecule has 0 spiro atoms. The molecule has 1 heterocycles. The topological polar surface area (TPSA) is 95.2 Å². The van der Waals surface area contributed by atoms with Gasteiger partial charge in [-0.3, -0.25) is 4.79 Å². The lowest BCUT2D eigenvalue weighted by molar-refractivity contribution is -0.122. The van der Waals surface area contributed by atoms with E-state index in [1.165, 1.54) is 7.05 Å². The van der Waals surface area contributed by atoms with Gasteiger partial charge in [-0.2, -0.15) is 4.31 Å². The van der Waals surface area contributed by atoms with Crippen LogP contribution in [0.3, 0.4) is 0 Å². The van der Waals surface area contributed by atoms with Gasteiger partial charge < -0.3 is 10.3 Å². The van der Waals surface area contributed by atoms with E-state index in [2.05, 4.69) is 15.3 Å². The quantitative estimate of drug-likeness (QED) is 0.603. The van der Waals surface area contributed by atoms with Gasteiger partial charge in [-0.1, -0.05) is 32.0 Å². The van der Waals surface area contributed by atoms with Gasteiger partial charge in [0.25, 0.3) is 0 Å². The average Bonchev–Trinajstić information content (AvgIpc) is 3.11. The number of hydrogen-bond donors (Lipinski definition) is 2. The molecule has 30 heavy (non-hydrogen) atoms. The zero-order valence-electron chi connectivity index (χ0n) is 17.9. The maximum absolute atomic E-state index is 12.9. The van der Waals surface area contributed by atoms with Crippen molar-refractivity contribution < 1.29 is 13.2 Å². The van der Waals surface area contributed by atoms with E-state index in [4.69, 9.17) is 0 Å². The molecule has 3 aromatic rings. The Morgan fingerprint density at radius 3 is 2.47 bits per heavy atom. The van der Waals surface area contributed by atoms with Crippen molar-refractivity contribution in [3.05, 3.63) is 59.4 Å². The van der Waals surface area contributed by atoms with Crippen molar-refractivity contribution in [2.75, 3.05) is 13.6 Å². The largest absolute Gasteiger partial charge is 0.345 e. The first kappa shape index (κ1) is 22.0. The molecular formula is C22H28N4O3S. The van der Waals surface area contributed by atoms with Gasteiger partial charge in [-0.05, 0) is 55.2 Å². The number of benzene rings is 2. The Morgan fingerprint density at radius 2 is 1.83 bits per heavy atom. The van der Waals surface area contributed by atoms with Crippen LogP contribution in [0.15, 0.2) is 47.4 Å². The summed E-state index contributed by atoms with van der Waals surface area (Å²) in [5, 5.41) is 2.93. The molecule has 2 N–H and O–H groups in total. The number of carbonyl (C=O) groups excluding carboxylic acids is 1. The second kappa shape index (κ2) is 8.57. The zero-order chi connectivity index (χ0) is 22.1. The van der Waals surface area contributed by atoms with Crippen LogP contribution in [0.1, 0.15) is 36.8 Å². The molecule has 3 rings (SSSR count). The summed E-state index contributed by atoms with van der Waals surface area (Å²) in [4.78, 5) is 20.7. The van der Waals surface area contributed by atoms with Crippen LogP contribution >= 0.6 is 0 Å². The highest BCUT2D eigenvalue weighted by Gasteiger charge is 2.26. The number of fused-ring (bicyclic) bond motifs is 1. The molecule has 0 saturated heterocycles. The monoisotopic (exact) mass is 428 g/mol. The molecule has 0 radical (unpaired) electrons. The van der Waals surface area contributed by atoms with Crippen LogP contribution in [0.25, 0.3) is 11.0 Å². The normalized spacial score (nSPS) is 13.2. The minimum atomic E-state index is -3.77. The Labute approximate surface area is 177 Å². The number of sulfonamides is 1. The molecule has 0 fully saturated rings. The predicted molar refractivity (Wildman–Crippen MR) is 118 cm³/mol. The Balaban J connectivity index is 1.75. The lowest BCUT2D eigenvalue weighted by Gasteiger charge is -2.23. The van der Waals surface area contributed by atoms with E-state index in [0.29, 0.717) is 5.82 Å². The maximum atomic E-state index is 12.9. The van der Waals surface area contributed by atoms with Crippen molar-refractivity contribution in [2.24, 2.45) is 5.92 Å². The van der Waals surface area contributed by atoms with Crippen molar-refractivity contribution in [2.45, 2.75) is 38.6 Å². The third kappa shape index (κ3) is 4.55. The van der Waals surface area contributed by atoms with Crippen molar-refractivity contribution in [1.82, 2.24) is 19.6 Å². The van der Waals surface area contributed by atoms with Crippen LogP contribution in [0.2, 0.25) is 0 Å². The number of rotatable bonds is 7. The van der Waals surface area contributed by atoms with Crippen LogP contribution in [-0.4, -0.2) is 42.2 Å². The first-order chi connectivity index (χ1) is 14.1. The van der Waals surface area contributed by atoms with Crippen LogP contribution in [0.4, 0.5) is 0 Å². The summed E-state index contributed by atoms with van der Waals surface area (Å²) >= 11 is 0. The Kier molecular flexibility index (Phi) is 6.28. The summed E-state index contributed by atoms with van der Waals surface area (Å²) in [6.07, 6.45) is 0. The standard InChI is InChI=1S/C22H28N4O3S/c1-14(2)21(22-23-18-8-6-7-9-19(18)24-22)25-20(27)13-26(5)30(28,29)17-11-10-15(3)16(4)12-17/h6-12,14,21H,13H2,1-5H3,(H,23,24)(H,25,27)/t21-/m0/s1. The van der Waals surface area contributed by atoms with Crippen molar-refractivity contribution in [3.8, 4) is 0 Å². The number of nitrogens with zero attached hydrogens (tertiary/aromatic N) is 2. The molecule has 0 aliphatic rings. The van der Waals surface area contributed by atoms with Gasteiger partial charge in [-0.25, -0.2) is 13.4 Å². The number of aromatic nitrogens is 2. The fraction of sp³-hybridized carbons (Fsp3) is 0.364. The van der Waals surface area contributed by atoms with E-state index >= 15 is 0 Å². The van der Waals surface area contributed by atoms with Crippen LogP contribution in [0, 0.1) is 19.8 Å². The first-order valence-corrected chi connectivity index (χ1v) is 11.3. The third-order valence-electron chi connectivity index (χ3n) is 5.24. The molecule has 1 atom stereocenters. The van der Waals surface area contributed by atoms with Crippen LogP contribution < -0.4 is 5.32 Å². The Bertz CT molecular complexity index is 1140. The summed E-state index contributed by atoms with van der Waals surface area (Å²) in [5.74, 6) is 0.333. The molecule has 2 aromatic carbocycles. The fourth-order valence-corrected chi connectivity index (χ4v) is 4.44. The number of likely N-dealkylation sites (N-methyl/N-ethyl adjacent to an activating group) is 1. The second-order valence-corrected chi connectivity index (χ2v) is 9.98. The molecule has 0 saturated carbocycles. The predicted octanol–water partition coefficient (Wildman–Crippen LogP) is 3.31. The Morgan fingerprint density at radius 1 is 1.13 bits per heavy atom. The molecule has 8 heteroatoms. The maximum Gasteiger partial charge on any atom is 0.243 e. The molecule has 0 aliphatic heterocycles. The molecular weight excluding hydrogens is 400 g/mol. The van der Waals surface area contributed by atoms with Gasteiger partial charge in [0.1, 0.15) is 5.82 Å². The van der Waals surface area contributed by atoms with Crippen molar-refractivity contribution >= 4 is 27.0 Å². The molecule has 1 amide bonds. The Hall–Kier alpha value is -2.71. The third-order valence-corrected chi connectivity index (χ3v) is 7.04. The van der Waals surface area contributed by atoms with Gasteiger partial charge in [0.15, 0.2) is 0 Å². The van der Waals surface area contributed by atoms with E-state index < -0.39 is 10.0 Å². The number of aryl methyl sites for hydroxylation is 2. The van der Waals surface area contributed by atoms with Gasteiger partial charge >= 0.3 is 0 Å². The summed E-state index contributed by atoms with van der Waals surface area (Å²) < 4.78 is 26.8. The molecule has 0 bridgehead atoms. The highest BCUT2D eigenvalue weighted by Crippen LogP contribution is 2.23. The SMILES string of the molecule is Cc1ccc(S(=O)(=O)N(C)CC(=O)N[C@H](c2nc3ccccc3[nH]2)C(C)C)cc1C. The number of amides is 1. The summed E-state index contributed by atoms with van der Waals surface area (Å²) in [6.45, 7) is 7.47. The smallest absolute Gasteiger partial charge is 0.243 e. The minimum Gasteiger partial charge on any atom is -0.345 e. The number of carbonyl (C=O) groups is 1. The van der Waals surface area contributed by atoms with Crippen LogP contribution in [0.5, 0.6) is 0 Å². The summed E-state index contributed by atoms with van der Waals surface area (Å²) in [7, 11) is -2.35. The first-order valence-electron chi connectivity index (χ1n) is 9.87. The number of H-pyrrole nitrogens is 1. The van der Waals surface area contributed by atoms with Crippen molar-refractivity contribution in [1.29, 1.82) is 0 Å². The molecule has 7 nitrogen and oxygen atoms in total. The van der Waals surface area contributed by atoms with E-state index in [1.54, 1.807) is 18.2 Å². The van der Waals surface area contributed by atoms with Gasteiger partial charge in [0.05, 0.1) is 28.5 Å². The highest BCUT2D eigenvalue weighted by atomic mass is 32.2. The summed E-state index contributed by atoms with van der Waals surface area (Å²) in [6, 6.07) is 12.3. The summed E-state index contributed by atoms with van der Waals surface area (Å²) in [5.41, 5.74) is 3.61. The molecule has 0 unspecified atom stereocenters. The second-order valence-electron chi connectivity index (χ2n) is 7.94. The van der Waals surface area contributed by atoms with Crippen LogP contribution in [-0.2, 0) is 14.8 Å². The van der Waals surface area contributed by atoms with Gasteiger partial charge in [-0.15, -0.1) is 0 Å². The van der Waals surface area contributed by atoms with Gasteiger partial charge in [0, 0.05) is 7.05 Å². The zero-order valence-corrected chi connectivity index (χ0v) is 18.7. The minimum absolute atomic E-state index is 0.0659. The average molecular weight is 429 g/mol. The van der Waals surface area contributed by atoms with E-state index in [1.807, 2.05) is 52.0 Å². The van der Waals surface area contributed by atoms with E-state index in [9.17, 15) is 13.2 Å². The number of para-hydroxylation sites is 2. The van der Waals surface area contributed by atoms with E-state index in [-0.39, 0.29) is 29.3 Å².